The maximum atomic E-state index is 9.99. The van der Waals surface area contributed by atoms with E-state index < -0.39 is 6.10 Å². The second-order valence-electron chi connectivity index (χ2n) is 4.68. The van der Waals surface area contributed by atoms with Gasteiger partial charge in [-0.3, -0.25) is 0 Å². The van der Waals surface area contributed by atoms with Gasteiger partial charge in [-0.1, -0.05) is 37.3 Å². The molecule has 3 nitrogen and oxygen atoms in total. The summed E-state index contributed by atoms with van der Waals surface area (Å²) in [4.78, 5) is 0. The number of hydrogen-bond acceptors (Lipinski definition) is 3. The molecule has 0 bridgehead atoms. The molecule has 1 atom stereocenters. The Morgan fingerprint density at radius 1 is 1.05 bits per heavy atom. The topological polar surface area (TPSA) is 49.7 Å². The molecule has 0 aliphatic carbocycles. The van der Waals surface area contributed by atoms with Crippen molar-refractivity contribution in [1.82, 2.24) is 0 Å². The summed E-state index contributed by atoms with van der Waals surface area (Å²) in [6.07, 6.45) is 0.779. The average Bonchev–Trinajstić information content (AvgIpc) is 2.49. The van der Waals surface area contributed by atoms with Gasteiger partial charge in [0.2, 0.25) is 0 Å². The van der Waals surface area contributed by atoms with E-state index >= 15 is 0 Å². The van der Waals surface area contributed by atoms with Gasteiger partial charge in [-0.25, -0.2) is 0 Å². The fourth-order valence-corrected chi connectivity index (χ4v) is 2.05. The molecule has 0 saturated carbocycles. The Morgan fingerprint density at radius 2 is 1.75 bits per heavy atom. The maximum Gasteiger partial charge on any atom is 0.133 e. The van der Waals surface area contributed by atoms with Gasteiger partial charge < -0.3 is 14.9 Å². The first kappa shape index (κ1) is 14.6. The molecule has 3 heteroatoms. The summed E-state index contributed by atoms with van der Waals surface area (Å²) in [7, 11) is 0. The highest BCUT2D eigenvalue weighted by atomic mass is 16.5. The lowest BCUT2D eigenvalue weighted by Crippen LogP contribution is -1.98. The summed E-state index contributed by atoms with van der Waals surface area (Å²) in [5, 5.41) is 18.9. The number of rotatable bonds is 6. The van der Waals surface area contributed by atoms with Crippen LogP contribution in [0.2, 0.25) is 0 Å². The number of ether oxygens (including phenoxy) is 1. The number of aliphatic hydroxyl groups is 2. The standard InChI is InChI=1S/C17H20O3/c1-2-16(19)15-5-3-4-6-17(15)20-14-9-7-13(8-10-14)11-12-18/h3-10,16,18-19H,2,11-12H2,1H3. The predicted molar refractivity (Wildman–Crippen MR) is 79.0 cm³/mol. The van der Waals surface area contributed by atoms with E-state index in [-0.39, 0.29) is 6.61 Å². The molecule has 0 aromatic heterocycles. The first-order chi connectivity index (χ1) is 9.74. The minimum Gasteiger partial charge on any atom is -0.457 e. The van der Waals surface area contributed by atoms with Crippen LogP contribution in [0.25, 0.3) is 0 Å². The molecule has 2 aromatic carbocycles. The van der Waals surface area contributed by atoms with Crippen molar-refractivity contribution in [2.24, 2.45) is 0 Å². The third kappa shape index (κ3) is 3.59. The van der Waals surface area contributed by atoms with Gasteiger partial charge in [0.15, 0.2) is 0 Å². The van der Waals surface area contributed by atoms with Crippen LogP contribution in [0.3, 0.4) is 0 Å². The van der Waals surface area contributed by atoms with Crippen LogP contribution in [0.5, 0.6) is 11.5 Å². The molecule has 0 aliphatic rings. The number of para-hydroxylation sites is 1. The average molecular weight is 272 g/mol. The highest BCUT2D eigenvalue weighted by Crippen LogP contribution is 2.30. The highest BCUT2D eigenvalue weighted by molar-refractivity contribution is 5.39. The molecule has 0 saturated heterocycles. The van der Waals surface area contributed by atoms with Crippen molar-refractivity contribution >= 4 is 0 Å². The minimum absolute atomic E-state index is 0.145. The first-order valence-corrected chi connectivity index (χ1v) is 6.89. The van der Waals surface area contributed by atoms with E-state index in [1.807, 2.05) is 55.5 Å². The van der Waals surface area contributed by atoms with Crippen molar-refractivity contribution in [2.45, 2.75) is 25.9 Å². The van der Waals surface area contributed by atoms with E-state index in [1.165, 1.54) is 0 Å². The van der Waals surface area contributed by atoms with Crippen LogP contribution in [0, 0.1) is 0 Å². The van der Waals surface area contributed by atoms with Crippen LogP contribution < -0.4 is 4.74 Å². The van der Waals surface area contributed by atoms with E-state index in [2.05, 4.69) is 0 Å². The second-order valence-corrected chi connectivity index (χ2v) is 4.68. The molecule has 2 N–H and O–H groups in total. The Balaban J connectivity index is 2.17. The van der Waals surface area contributed by atoms with Gasteiger partial charge in [-0.05, 0) is 36.6 Å². The summed E-state index contributed by atoms with van der Waals surface area (Å²) >= 11 is 0. The van der Waals surface area contributed by atoms with Crippen molar-refractivity contribution in [1.29, 1.82) is 0 Å². The third-order valence-electron chi connectivity index (χ3n) is 3.22. The Hall–Kier alpha value is -1.84. The quantitative estimate of drug-likeness (QED) is 0.846. The van der Waals surface area contributed by atoms with E-state index in [0.29, 0.717) is 18.6 Å². The third-order valence-corrected chi connectivity index (χ3v) is 3.22. The SMILES string of the molecule is CCC(O)c1ccccc1Oc1ccc(CCO)cc1. The smallest absolute Gasteiger partial charge is 0.133 e. The number of benzene rings is 2. The van der Waals surface area contributed by atoms with E-state index in [0.717, 1.165) is 16.9 Å². The zero-order valence-corrected chi connectivity index (χ0v) is 11.6. The predicted octanol–water partition coefficient (Wildman–Crippen LogP) is 3.46. The first-order valence-electron chi connectivity index (χ1n) is 6.89. The molecule has 0 fully saturated rings. The Labute approximate surface area is 119 Å². The Bertz CT molecular complexity index is 534. The van der Waals surface area contributed by atoms with Gasteiger partial charge in [0.25, 0.3) is 0 Å². The molecule has 0 spiro atoms. The molecule has 106 valence electrons. The lowest BCUT2D eigenvalue weighted by molar-refractivity contribution is 0.170. The zero-order valence-electron chi connectivity index (χ0n) is 11.6. The van der Waals surface area contributed by atoms with Gasteiger partial charge in [0.1, 0.15) is 11.5 Å². The molecule has 20 heavy (non-hydrogen) atoms. The fourth-order valence-electron chi connectivity index (χ4n) is 2.05. The van der Waals surface area contributed by atoms with Crippen molar-refractivity contribution in [3.8, 4) is 11.5 Å². The van der Waals surface area contributed by atoms with Crippen LogP contribution >= 0.6 is 0 Å². The Morgan fingerprint density at radius 3 is 2.40 bits per heavy atom. The molecule has 2 rings (SSSR count). The summed E-state index contributed by atoms with van der Waals surface area (Å²) in [5.74, 6) is 1.40. The normalized spacial score (nSPS) is 12.2. The van der Waals surface area contributed by atoms with Crippen LogP contribution in [0.4, 0.5) is 0 Å². The van der Waals surface area contributed by atoms with Crippen LogP contribution in [-0.4, -0.2) is 16.8 Å². The van der Waals surface area contributed by atoms with Crippen LogP contribution in [0.15, 0.2) is 48.5 Å². The lowest BCUT2D eigenvalue weighted by Gasteiger charge is -2.14. The summed E-state index contributed by atoms with van der Waals surface area (Å²) in [6, 6.07) is 15.1. The van der Waals surface area contributed by atoms with E-state index in [1.54, 1.807) is 0 Å². The molecule has 0 aliphatic heterocycles. The van der Waals surface area contributed by atoms with E-state index in [4.69, 9.17) is 9.84 Å². The Kier molecular flexibility index (Phi) is 5.16. The van der Waals surface area contributed by atoms with Gasteiger partial charge in [-0.15, -0.1) is 0 Å². The summed E-state index contributed by atoms with van der Waals surface area (Å²) < 4.78 is 5.84. The van der Waals surface area contributed by atoms with Gasteiger partial charge in [-0.2, -0.15) is 0 Å². The van der Waals surface area contributed by atoms with Gasteiger partial charge >= 0.3 is 0 Å². The van der Waals surface area contributed by atoms with Gasteiger partial charge in [0.05, 0.1) is 6.10 Å². The minimum atomic E-state index is -0.514. The fraction of sp³-hybridized carbons (Fsp3) is 0.294. The lowest BCUT2D eigenvalue weighted by atomic mass is 10.1. The van der Waals surface area contributed by atoms with Crippen LogP contribution in [0.1, 0.15) is 30.6 Å². The van der Waals surface area contributed by atoms with Crippen LogP contribution in [-0.2, 0) is 6.42 Å². The molecule has 2 aromatic rings. The number of hydrogen-bond donors (Lipinski definition) is 2. The number of aliphatic hydroxyl groups excluding tert-OH is 2. The summed E-state index contributed by atoms with van der Waals surface area (Å²) in [5.41, 5.74) is 1.87. The maximum absolute atomic E-state index is 9.99. The molecule has 0 radical (unpaired) electrons. The molecular weight excluding hydrogens is 252 g/mol. The highest BCUT2D eigenvalue weighted by Gasteiger charge is 2.11. The molecule has 0 heterocycles. The molecule has 0 amide bonds. The van der Waals surface area contributed by atoms with Gasteiger partial charge in [0, 0.05) is 12.2 Å². The largest absolute Gasteiger partial charge is 0.457 e. The summed E-state index contributed by atoms with van der Waals surface area (Å²) in [6.45, 7) is 2.08. The second kappa shape index (κ2) is 7.08. The van der Waals surface area contributed by atoms with Crippen molar-refractivity contribution < 1.29 is 14.9 Å². The van der Waals surface area contributed by atoms with Crippen molar-refractivity contribution in [3.05, 3.63) is 59.7 Å². The molecule has 1 unspecified atom stereocenters. The van der Waals surface area contributed by atoms with E-state index in [9.17, 15) is 5.11 Å². The van der Waals surface area contributed by atoms with Crippen molar-refractivity contribution in [2.75, 3.05) is 6.61 Å². The monoisotopic (exact) mass is 272 g/mol. The zero-order chi connectivity index (χ0) is 14.4. The molecular formula is C17H20O3. The van der Waals surface area contributed by atoms with Crippen molar-refractivity contribution in [3.63, 3.8) is 0 Å².